The predicted molar refractivity (Wildman–Crippen MR) is 96.6 cm³/mol. The van der Waals surface area contributed by atoms with E-state index in [9.17, 15) is 9.59 Å². The Morgan fingerprint density at radius 1 is 1.22 bits per heavy atom. The molecule has 1 N–H and O–H groups in total. The number of nitrogens with zero attached hydrogens (tertiary/aromatic N) is 1. The molecule has 1 aromatic carbocycles. The van der Waals surface area contributed by atoms with Crippen molar-refractivity contribution in [3.8, 4) is 0 Å². The summed E-state index contributed by atoms with van der Waals surface area (Å²) < 4.78 is 0.926. The summed E-state index contributed by atoms with van der Waals surface area (Å²) in [5.74, 6) is -0.143. The van der Waals surface area contributed by atoms with Crippen LogP contribution >= 0.6 is 27.3 Å². The smallest absolute Gasteiger partial charge is 0.251 e. The number of halogens is 1. The van der Waals surface area contributed by atoms with Crippen molar-refractivity contribution in [3.05, 3.63) is 56.2 Å². The van der Waals surface area contributed by atoms with Crippen LogP contribution < -0.4 is 5.32 Å². The number of amides is 2. The highest BCUT2D eigenvalue weighted by Gasteiger charge is 2.12. The fourth-order valence-corrected chi connectivity index (χ4v) is 3.27. The maximum atomic E-state index is 12.1. The number of carbonyl (C=O) groups is 2. The topological polar surface area (TPSA) is 49.4 Å². The van der Waals surface area contributed by atoms with Gasteiger partial charge in [-0.25, -0.2) is 0 Å². The second-order valence-electron chi connectivity index (χ2n) is 5.29. The molecule has 2 aromatic rings. The fourth-order valence-electron chi connectivity index (χ4n) is 2.05. The molecule has 0 aliphatic rings. The lowest BCUT2D eigenvalue weighted by Crippen LogP contribution is -2.31. The van der Waals surface area contributed by atoms with E-state index in [2.05, 4.69) is 27.3 Å². The van der Waals surface area contributed by atoms with E-state index in [1.54, 1.807) is 35.4 Å². The van der Waals surface area contributed by atoms with Crippen LogP contribution in [0.4, 0.5) is 0 Å². The molecule has 0 radical (unpaired) electrons. The van der Waals surface area contributed by atoms with Gasteiger partial charge in [0.25, 0.3) is 5.91 Å². The molecule has 1 heterocycles. The Morgan fingerprint density at radius 3 is 2.52 bits per heavy atom. The number of carbonyl (C=O) groups excluding carboxylic acids is 2. The Balaban J connectivity index is 1.76. The Kier molecular flexibility index (Phi) is 6.36. The summed E-state index contributed by atoms with van der Waals surface area (Å²) in [6, 6.07) is 9.17. The second kappa shape index (κ2) is 8.26. The van der Waals surface area contributed by atoms with E-state index >= 15 is 0 Å². The normalized spacial score (nSPS) is 10.4. The van der Waals surface area contributed by atoms with Crippen molar-refractivity contribution in [2.75, 3.05) is 13.6 Å². The van der Waals surface area contributed by atoms with Crippen molar-refractivity contribution in [1.82, 2.24) is 10.2 Å². The zero-order valence-corrected chi connectivity index (χ0v) is 15.5. The average molecular weight is 395 g/mol. The average Bonchev–Trinajstić information content (AvgIpc) is 2.92. The molecule has 0 fully saturated rings. The Morgan fingerprint density at radius 2 is 1.91 bits per heavy atom. The lowest BCUT2D eigenvalue weighted by molar-refractivity contribution is -0.130. The molecule has 0 unspecified atom stereocenters. The third-order valence-corrected chi connectivity index (χ3v) is 5.04. The molecule has 0 aliphatic heterocycles. The quantitative estimate of drug-likeness (QED) is 0.813. The zero-order valence-electron chi connectivity index (χ0n) is 13.1. The number of aryl methyl sites for hydroxylation is 1. The summed E-state index contributed by atoms with van der Waals surface area (Å²) >= 11 is 4.99. The molecule has 4 nitrogen and oxygen atoms in total. The van der Waals surface area contributed by atoms with Crippen LogP contribution in [0.15, 0.2) is 40.2 Å². The SMILES string of the molecule is Cc1ccsc1CN(C)C(=O)CCNC(=O)c1ccc(Br)cc1. The van der Waals surface area contributed by atoms with Gasteiger partial charge in [-0.1, -0.05) is 15.9 Å². The van der Waals surface area contributed by atoms with Crippen LogP contribution in [0.1, 0.15) is 27.2 Å². The van der Waals surface area contributed by atoms with E-state index in [1.807, 2.05) is 24.4 Å². The van der Waals surface area contributed by atoms with Crippen LogP contribution in [0.3, 0.4) is 0 Å². The first-order valence-corrected chi connectivity index (χ1v) is 8.95. The number of thiophene rings is 1. The number of hydrogen-bond acceptors (Lipinski definition) is 3. The second-order valence-corrected chi connectivity index (χ2v) is 7.21. The van der Waals surface area contributed by atoms with Crippen molar-refractivity contribution in [2.45, 2.75) is 19.9 Å². The summed E-state index contributed by atoms with van der Waals surface area (Å²) in [5, 5.41) is 4.80. The Hall–Kier alpha value is -1.66. The number of benzene rings is 1. The molecule has 0 spiro atoms. The van der Waals surface area contributed by atoms with Crippen molar-refractivity contribution >= 4 is 39.1 Å². The van der Waals surface area contributed by atoms with Crippen LogP contribution in [-0.4, -0.2) is 30.3 Å². The molecule has 0 saturated heterocycles. The van der Waals surface area contributed by atoms with Crippen LogP contribution in [0, 0.1) is 6.92 Å². The summed E-state index contributed by atoms with van der Waals surface area (Å²) in [7, 11) is 1.79. The third kappa shape index (κ3) is 5.18. The van der Waals surface area contributed by atoms with Crippen LogP contribution in [-0.2, 0) is 11.3 Å². The molecule has 2 rings (SSSR count). The van der Waals surface area contributed by atoms with Crippen LogP contribution in [0.5, 0.6) is 0 Å². The van der Waals surface area contributed by atoms with E-state index in [1.165, 1.54) is 10.4 Å². The van der Waals surface area contributed by atoms with Gasteiger partial charge in [-0.15, -0.1) is 11.3 Å². The summed E-state index contributed by atoms with van der Waals surface area (Å²) in [6.07, 6.45) is 0.295. The Labute approximate surface area is 148 Å². The minimum absolute atomic E-state index is 0.0221. The minimum atomic E-state index is -0.165. The first-order chi connectivity index (χ1) is 11.0. The molecule has 2 amide bonds. The molecule has 0 saturated carbocycles. The van der Waals surface area contributed by atoms with Crippen molar-refractivity contribution < 1.29 is 9.59 Å². The molecule has 122 valence electrons. The zero-order chi connectivity index (χ0) is 16.8. The third-order valence-electron chi connectivity index (χ3n) is 3.51. The summed E-state index contributed by atoms with van der Waals surface area (Å²) in [5.41, 5.74) is 1.79. The van der Waals surface area contributed by atoms with Gasteiger partial charge in [0.2, 0.25) is 5.91 Å². The number of hydrogen-bond donors (Lipinski definition) is 1. The van der Waals surface area contributed by atoms with Gasteiger partial charge in [0.15, 0.2) is 0 Å². The van der Waals surface area contributed by atoms with E-state index in [-0.39, 0.29) is 11.8 Å². The molecule has 23 heavy (non-hydrogen) atoms. The van der Waals surface area contributed by atoms with Gasteiger partial charge < -0.3 is 10.2 Å². The highest BCUT2D eigenvalue weighted by Crippen LogP contribution is 2.17. The molecular weight excluding hydrogens is 376 g/mol. The van der Waals surface area contributed by atoms with Gasteiger partial charge in [0.1, 0.15) is 0 Å². The van der Waals surface area contributed by atoms with Crippen LogP contribution in [0.2, 0.25) is 0 Å². The standard InChI is InChI=1S/C17H19BrN2O2S/c1-12-8-10-23-15(12)11-20(2)16(21)7-9-19-17(22)13-3-5-14(18)6-4-13/h3-6,8,10H,7,9,11H2,1-2H3,(H,19,22). The molecule has 0 aliphatic carbocycles. The molecule has 6 heteroatoms. The molecular formula is C17H19BrN2O2S. The fraction of sp³-hybridized carbons (Fsp3) is 0.294. The van der Waals surface area contributed by atoms with Crippen molar-refractivity contribution in [3.63, 3.8) is 0 Å². The van der Waals surface area contributed by atoms with Gasteiger partial charge in [0, 0.05) is 34.9 Å². The largest absolute Gasteiger partial charge is 0.352 e. The summed E-state index contributed by atoms with van der Waals surface area (Å²) in [4.78, 5) is 27.0. The maximum absolute atomic E-state index is 12.1. The Bertz CT molecular complexity index is 682. The van der Waals surface area contributed by atoms with Crippen molar-refractivity contribution in [1.29, 1.82) is 0 Å². The lowest BCUT2D eigenvalue weighted by Gasteiger charge is -2.17. The number of rotatable bonds is 6. The maximum Gasteiger partial charge on any atom is 0.251 e. The molecule has 0 bridgehead atoms. The molecule has 0 atom stereocenters. The van der Waals surface area contributed by atoms with E-state index < -0.39 is 0 Å². The van der Waals surface area contributed by atoms with Crippen LogP contribution in [0.25, 0.3) is 0 Å². The lowest BCUT2D eigenvalue weighted by atomic mass is 10.2. The minimum Gasteiger partial charge on any atom is -0.352 e. The van der Waals surface area contributed by atoms with E-state index in [4.69, 9.17) is 0 Å². The highest BCUT2D eigenvalue weighted by molar-refractivity contribution is 9.10. The van der Waals surface area contributed by atoms with Gasteiger partial charge in [0.05, 0.1) is 6.54 Å². The van der Waals surface area contributed by atoms with E-state index in [0.29, 0.717) is 25.1 Å². The van der Waals surface area contributed by atoms with Gasteiger partial charge >= 0.3 is 0 Å². The van der Waals surface area contributed by atoms with Crippen molar-refractivity contribution in [2.24, 2.45) is 0 Å². The van der Waals surface area contributed by atoms with E-state index in [0.717, 1.165) is 4.47 Å². The van der Waals surface area contributed by atoms with Gasteiger partial charge in [-0.2, -0.15) is 0 Å². The number of nitrogens with one attached hydrogen (secondary N) is 1. The van der Waals surface area contributed by atoms with Gasteiger partial charge in [-0.3, -0.25) is 9.59 Å². The first-order valence-electron chi connectivity index (χ1n) is 7.28. The summed E-state index contributed by atoms with van der Waals surface area (Å²) in [6.45, 7) is 2.99. The highest BCUT2D eigenvalue weighted by atomic mass is 79.9. The first kappa shape index (κ1) is 17.7. The molecule has 1 aromatic heterocycles. The monoisotopic (exact) mass is 394 g/mol. The van der Waals surface area contributed by atoms with Gasteiger partial charge in [-0.05, 0) is 48.2 Å². The predicted octanol–water partition coefficient (Wildman–Crippen LogP) is 3.60.